The van der Waals surface area contributed by atoms with Crippen molar-refractivity contribution in [2.45, 2.75) is 303 Å². The molecule has 66 heavy (non-hydrogen) atoms. The van der Waals surface area contributed by atoms with Gasteiger partial charge in [0.15, 0.2) is 6.10 Å². The van der Waals surface area contributed by atoms with Crippen LogP contribution in [0.15, 0.2) is 48.6 Å². The van der Waals surface area contributed by atoms with Crippen molar-refractivity contribution in [3.05, 3.63) is 48.6 Å². The normalized spacial score (nSPS) is 12.3. The topological polar surface area (TPSA) is 78.9 Å². The predicted molar refractivity (Wildman–Crippen MR) is 284 cm³/mol. The number of carbonyl (C=O) groups excluding carboxylic acids is 3. The van der Waals surface area contributed by atoms with Crippen LogP contribution in [0.25, 0.3) is 0 Å². The molecule has 1 unspecified atom stereocenters. The highest BCUT2D eigenvalue weighted by molar-refractivity contribution is 5.71. The lowest BCUT2D eigenvalue weighted by molar-refractivity contribution is -0.167. The van der Waals surface area contributed by atoms with Crippen LogP contribution < -0.4 is 0 Å². The maximum Gasteiger partial charge on any atom is 0.306 e. The first-order chi connectivity index (χ1) is 32.5. The molecule has 1 atom stereocenters. The fraction of sp³-hybridized carbons (Fsp3) is 0.817. The summed E-state index contributed by atoms with van der Waals surface area (Å²) in [4.78, 5) is 38.1. The lowest BCUT2D eigenvalue weighted by atomic mass is 10.0. The number of hydrogen-bond donors (Lipinski definition) is 0. The van der Waals surface area contributed by atoms with Gasteiger partial charge in [0.25, 0.3) is 0 Å². The molecule has 0 aliphatic heterocycles. The van der Waals surface area contributed by atoms with Crippen LogP contribution in [0.1, 0.15) is 297 Å². The highest BCUT2D eigenvalue weighted by Crippen LogP contribution is 2.16. The number of unbranched alkanes of at least 4 members (excludes halogenated alkanes) is 33. The lowest BCUT2D eigenvalue weighted by Gasteiger charge is -2.18. The van der Waals surface area contributed by atoms with Crippen LogP contribution >= 0.6 is 0 Å². The molecule has 0 aromatic rings. The molecular formula is C60H108O6. The van der Waals surface area contributed by atoms with E-state index < -0.39 is 6.10 Å². The summed E-state index contributed by atoms with van der Waals surface area (Å²) in [6.45, 7) is 6.53. The van der Waals surface area contributed by atoms with Crippen LogP contribution in [0.4, 0.5) is 0 Å². The van der Waals surface area contributed by atoms with Gasteiger partial charge >= 0.3 is 17.9 Å². The average molecular weight is 926 g/mol. The second kappa shape index (κ2) is 55.0. The Balaban J connectivity index is 4.35. The second-order valence-electron chi connectivity index (χ2n) is 19.2. The van der Waals surface area contributed by atoms with Crippen molar-refractivity contribution < 1.29 is 28.6 Å². The fourth-order valence-electron chi connectivity index (χ4n) is 8.28. The largest absolute Gasteiger partial charge is 0.462 e. The van der Waals surface area contributed by atoms with Crippen molar-refractivity contribution in [2.24, 2.45) is 0 Å². The molecule has 0 rings (SSSR count). The van der Waals surface area contributed by atoms with E-state index in [1.54, 1.807) is 0 Å². The Morgan fingerprint density at radius 1 is 0.318 bits per heavy atom. The minimum absolute atomic E-state index is 0.0807. The minimum Gasteiger partial charge on any atom is -0.462 e. The Morgan fingerprint density at radius 2 is 0.591 bits per heavy atom. The van der Waals surface area contributed by atoms with Gasteiger partial charge in [-0.05, 0) is 77.0 Å². The van der Waals surface area contributed by atoms with Gasteiger partial charge in [-0.3, -0.25) is 14.4 Å². The molecule has 0 bridgehead atoms. The first-order valence-corrected chi connectivity index (χ1v) is 28.6. The molecule has 0 aliphatic rings. The van der Waals surface area contributed by atoms with E-state index in [0.717, 1.165) is 83.5 Å². The lowest BCUT2D eigenvalue weighted by Crippen LogP contribution is -2.30. The smallest absolute Gasteiger partial charge is 0.306 e. The van der Waals surface area contributed by atoms with Gasteiger partial charge in [-0.15, -0.1) is 0 Å². The van der Waals surface area contributed by atoms with Crippen LogP contribution in [0.5, 0.6) is 0 Å². The number of esters is 3. The van der Waals surface area contributed by atoms with Crippen LogP contribution in [-0.4, -0.2) is 37.2 Å². The van der Waals surface area contributed by atoms with Crippen molar-refractivity contribution in [1.82, 2.24) is 0 Å². The third kappa shape index (κ3) is 52.3. The SMILES string of the molecule is CC/C=C\C/C=C\C/C=C\CCCCCC(=O)OCC(COC(=O)CCCCCCCCCCC/C=C\CCCCCCCC)OC(=O)CCCCCCCCCCCCCCCCCC. The Morgan fingerprint density at radius 3 is 0.955 bits per heavy atom. The molecule has 0 aromatic heterocycles. The highest BCUT2D eigenvalue weighted by atomic mass is 16.6. The molecular weight excluding hydrogens is 817 g/mol. The molecule has 0 saturated heterocycles. The number of ether oxygens (including phenoxy) is 3. The standard InChI is InChI=1S/C60H108O6/c1-4-7-10-13-16-19-22-25-27-29-30-31-33-35-38-41-44-47-50-53-59(62)65-56-57(55-64-58(61)52-49-46-43-40-37-34-24-21-18-15-12-9-6-3)66-60(63)54-51-48-45-42-39-36-32-28-26-23-20-17-14-11-8-5-2/h9,12,18,21,25,27,34,37,57H,4-8,10-11,13-17,19-20,22-24,26,28-33,35-36,38-56H2,1-3H3/b12-9-,21-18-,27-25-,37-34-. The summed E-state index contributed by atoms with van der Waals surface area (Å²) in [5, 5.41) is 0. The maximum atomic E-state index is 12.8. The van der Waals surface area contributed by atoms with E-state index in [4.69, 9.17) is 14.2 Å². The van der Waals surface area contributed by atoms with Crippen LogP contribution in [0.3, 0.4) is 0 Å². The third-order valence-electron chi connectivity index (χ3n) is 12.6. The summed E-state index contributed by atoms with van der Waals surface area (Å²) < 4.78 is 16.8. The van der Waals surface area contributed by atoms with E-state index in [1.807, 2.05) is 0 Å². The van der Waals surface area contributed by atoms with E-state index in [1.165, 1.54) is 173 Å². The molecule has 0 aromatic carbocycles. The molecule has 0 heterocycles. The fourth-order valence-corrected chi connectivity index (χ4v) is 8.28. The van der Waals surface area contributed by atoms with Crippen molar-refractivity contribution in [1.29, 1.82) is 0 Å². The zero-order valence-corrected chi connectivity index (χ0v) is 44.0. The van der Waals surface area contributed by atoms with Crippen LogP contribution in [0.2, 0.25) is 0 Å². The quantitative estimate of drug-likeness (QED) is 0.0262. The van der Waals surface area contributed by atoms with Gasteiger partial charge in [-0.1, -0.05) is 249 Å². The van der Waals surface area contributed by atoms with Crippen LogP contribution in [-0.2, 0) is 28.6 Å². The molecule has 384 valence electrons. The van der Waals surface area contributed by atoms with Crippen molar-refractivity contribution >= 4 is 17.9 Å². The van der Waals surface area contributed by atoms with Crippen molar-refractivity contribution in [3.63, 3.8) is 0 Å². The zero-order chi connectivity index (χ0) is 47.9. The molecule has 0 fully saturated rings. The van der Waals surface area contributed by atoms with E-state index >= 15 is 0 Å². The van der Waals surface area contributed by atoms with Gasteiger partial charge in [-0.2, -0.15) is 0 Å². The molecule has 6 nitrogen and oxygen atoms in total. The summed E-state index contributed by atoms with van der Waals surface area (Å²) >= 11 is 0. The molecule has 0 spiro atoms. The molecule has 0 N–H and O–H groups in total. The summed E-state index contributed by atoms with van der Waals surface area (Å²) in [5.41, 5.74) is 0. The third-order valence-corrected chi connectivity index (χ3v) is 12.6. The van der Waals surface area contributed by atoms with Crippen molar-refractivity contribution in [2.75, 3.05) is 13.2 Å². The molecule has 0 saturated carbocycles. The van der Waals surface area contributed by atoms with Gasteiger partial charge < -0.3 is 14.2 Å². The summed E-state index contributed by atoms with van der Waals surface area (Å²) in [6, 6.07) is 0. The van der Waals surface area contributed by atoms with Gasteiger partial charge in [0.05, 0.1) is 0 Å². The van der Waals surface area contributed by atoms with Gasteiger partial charge in [-0.25, -0.2) is 0 Å². The first kappa shape index (κ1) is 63.4. The molecule has 6 heteroatoms. The van der Waals surface area contributed by atoms with E-state index in [2.05, 4.69) is 69.4 Å². The van der Waals surface area contributed by atoms with Gasteiger partial charge in [0.1, 0.15) is 13.2 Å². The first-order valence-electron chi connectivity index (χ1n) is 28.6. The number of hydrogen-bond acceptors (Lipinski definition) is 6. The molecule has 0 radical (unpaired) electrons. The van der Waals surface area contributed by atoms with Gasteiger partial charge in [0, 0.05) is 19.3 Å². The minimum atomic E-state index is -0.783. The summed E-state index contributed by atoms with van der Waals surface area (Å²) in [7, 11) is 0. The molecule has 0 aliphatic carbocycles. The van der Waals surface area contributed by atoms with Crippen molar-refractivity contribution in [3.8, 4) is 0 Å². The monoisotopic (exact) mass is 925 g/mol. The zero-order valence-electron chi connectivity index (χ0n) is 44.0. The number of rotatable bonds is 52. The molecule has 0 amide bonds. The predicted octanol–water partition coefficient (Wildman–Crippen LogP) is 19.0. The number of allylic oxidation sites excluding steroid dienone is 8. The maximum absolute atomic E-state index is 12.8. The summed E-state index contributed by atoms with van der Waals surface area (Å²) in [6.07, 6.45) is 66.8. The van der Waals surface area contributed by atoms with Crippen LogP contribution in [0, 0.1) is 0 Å². The number of carbonyl (C=O) groups is 3. The average Bonchev–Trinajstić information content (AvgIpc) is 3.31. The Hall–Kier alpha value is -2.63. The Labute approximate surface area is 409 Å². The Bertz CT molecular complexity index is 1150. The van der Waals surface area contributed by atoms with E-state index in [-0.39, 0.29) is 31.1 Å². The van der Waals surface area contributed by atoms with E-state index in [0.29, 0.717) is 19.3 Å². The summed E-state index contributed by atoms with van der Waals surface area (Å²) in [5.74, 6) is -0.899. The van der Waals surface area contributed by atoms with E-state index in [9.17, 15) is 14.4 Å². The van der Waals surface area contributed by atoms with Gasteiger partial charge in [0.2, 0.25) is 0 Å². The Kier molecular flexibility index (Phi) is 52.8. The second-order valence-corrected chi connectivity index (χ2v) is 19.2. The highest BCUT2D eigenvalue weighted by Gasteiger charge is 2.19.